The number of ether oxygens (including phenoxy) is 1. The second kappa shape index (κ2) is 9.34. The summed E-state index contributed by atoms with van der Waals surface area (Å²) < 4.78 is 31.5. The van der Waals surface area contributed by atoms with E-state index in [1.54, 1.807) is 26.0 Å². The van der Waals surface area contributed by atoms with Crippen molar-refractivity contribution in [3.8, 4) is 11.5 Å². The van der Waals surface area contributed by atoms with Gasteiger partial charge in [0.05, 0.1) is 18.2 Å². The van der Waals surface area contributed by atoms with E-state index in [-0.39, 0.29) is 22.0 Å². The fraction of sp³-hybridized carbons (Fsp3) is 0.263. The first-order chi connectivity index (χ1) is 13.3. The number of phenols is 1. The average molecular weight is 405 g/mol. The summed E-state index contributed by atoms with van der Waals surface area (Å²) in [4.78, 5) is 12.4. The molecule has 2 N–H and O–H groups in total. The van der Waals surface area contributed by atoms with Crippen LogP contribution in [0.5, 0.6) is 11.5 Å². The van der Waals surface area contributed by atoms with E-state index in [2.05, 4.69) is 10.5 Å². The van der Waals surface area contributed by atoms with Crippen LogP contribution in [0.25, 0.3) is 0 Å². The topological polar surface area (TPSA) is 108 Å². The molecule has 0 aliphatic rings. The predicted octanol–water partition coefficient (Wildman–Crippen LogP) is 2.20. The quantitative estimate of drug-likeness (QED) is 0.517. The number of sulfonamides is 1. The van der Waals surface area contributed by atoms with Crippen LogP contribution in [0.1, 0.15) is 29.8 Å². The summed E-state index contributed by atoms with van der Waals surface area (Å²) in [7, 11) is -2.23. The van der Waals surface area contributed by atoms with E-state index < -0.39 is 15.9 Å². The van der Waals surface area contributed by atoms with E-state index in [9.17, 15) is 18.3 Å². The van der Waals surface area contributed by atoms with Crippen molar-refractivity contribution in [3.63, 3.8) is 0 Å². The summed E-state index contributed by atoms with van der Waals surface area (Å²) in [5.41, 5.74) is 3.13. The summed E-state index contributed by atoms with van der Waals surface area (Å²) in [5.74, 6) is -0.266. The number of methoxy groups -OCH3 is 1. The first kappa shape index (κ1) is 21.4. The molecule has 0 heterocycles. The summed E-state index contributed by atoms with van der Waals surface area (Å²) in [5, 5.41) is 13.4. The largest absolute Gasteiger partial charge is 0.504 e. The van der Waals surface area contributed by atoms with Crippen LogP contribution in [0.4, 0.5) is 0 Å². The second-order valence-corrected chi connectivity index (χ2v) is 7.69. The van der Waals surface area contributed by atoms with E-state index in [1.165, 1.54) is 48.0 Å². The van der Waals surface area contributed by atoms with Gasteiger partial charge in [0.15, 0.2) is 11.5 Å². The summed E-state index contributed by atoms with van der Waals surface area (Å²) in [6.07, 6.45) is 1.39. The zero-order valence-corrected chi connectivity index (χ0v) is 16.7. The third-order valence-electron chi connectivity index (χ3n) is 4.02. The van der Waals surface area contributed by atoms with Crippen LogP contribution >= 0.6 is 0 Å². The van der Waals surface area contributed by atoms with Crippen molar-refractivity contribution in [2.75, 3.05) is 20.2 Å². The highest BCUT2D eigenvalue weighted by molar-refractivity contribution is 7.89. The molecular weight excluding hydrogens is 382 g/mol. The molecule has 0 aliphatic carbocycles. The van der Waals surface area contributed by atoms with Crippen molar-refractivity contribution in [3.05, 3.63) is 53.6 Å². The number of hydrogen-bond donors (Lipinski definition) is 2. The number of carbonyl (C=O) groups is 1. The third-order valence-corrected chi connectivity index (χ3v) is 6.07. The Morgan fingerprint density at radius 2 is 1.93 bits per heavy atom. The Bertz CT molecular complexity index is 969. The summed E-state index contributed by atoms with van der Waals surface area (Å²) in [6.45, 7) is 4.20. The molecule has 0 unspecified atom stereocenters. The molecule has 0 fully saturated rings. The fourth-order valence-corrected chi connectivity index (χ4v) is 4.02. The average Bonchev–Trinajstić information content (AvgIpc) is 2.70. The molecule has 150 valence electrons. The molecule has 2 aromatic rings. The van der Waals surface area contributed by atoms with E-state index in [0.29, 0.717) is 18.7 Å². The van der Waals surface area contributed by atoms with Crippen LogP contribution in [0.3, 0.4) is 0 Å². The number of amides is 1. The van der Waals surface area contributed by atoms with Gasteiger partial charge in [0, 0.05) is 18.7 Å². The predicted molar refractivity (Wildman–Crippen MR) is 106 cm³/mol. The van der Waals surface area contributed by atoms with Crippen molar-refractivity contribution in [2.24, 2.45) is 5.10 Å². The van der Waals surface area contributed by atoms with Crippen LogP contribution in [-0.4, -0.2) is 50.2 Å². The molecule has 0 saturated carbocycles. The SMILES string of the molecule is CCN(CC)S(=O)(=O)c1cccc(C(=O)N/N=C/c2ccc(O)c(OC)c2)c1. The van der Waals surface area contributed by atoms with Gasteiger partial charge in [-0.2, -0.15) is 9.41 Å². The molecule has 1 amide bonds. The lowest BCUT2D eigenvalue weighted by Gasteiger charge is -2.18. The molecule has 2 aromatic carbocycles. The maximum Gasteiger partial charge on any atom is 0.271 e. The highest BCUT2D eigenvalue weighted by atomic mass is 32.2. The number of carbonyl (C=O) groups excluding carboxylic acids is 1. The van der Waals surface area contributed by atoms with Gasteiger partial charge in [0.2, 0.25) is 10.0 Å². The standard InChI is InChI=1S/C19H23N3O5S/c1-4-22(5-2)28(25,26)16-8-6-7-15(12-16)19(24)21-20-13-14-9-10-17(23)18(11-14)27-3/h6-13,23H,4-5H2,1-3H3,(H,21,24)/b20-13+. The van der Waals surface area contributed by atoms with Crippen molar-refractivity contribution in [1.82, 2.24) is 9.73 Å². The fourth-order valence-electron chi connectivity index (χ4n) is 2.51. The minimum Gasteiger partial charge on any atom is -0.504 e. The Balaban J connectivity index is 2.15. The van der Waals surface area contributed by atoms with Crippen LogP contribution in [0, 0.1) is 0 Å². The van der Waals surface area contributed by atoms with Gasteiger partial charge in [-0.05, 0) is 42.0 Å². The molecule has 0 spiro atoms. The molecule has 9 heteroatoms. The van der Waals surface area contributed by atoms with E-state index >= 15 is 0 Å². The van der Waals surface area contributed by atoms with E-state index in [0.717, 1.165) is 0 Å². The Morgan fingerprint density at radius 1 is 1.21 bits per heavy atom. The van der Waals surface area contributed by atoms with Gasteiger partial charge in [-0.15, -0.1) is 0 Å². The minimum absolute atomic E-state index is 0.00471. The maximum atomic E-state index is 12.6. The Kier molecular flexibility index (Phi) is 7.13. The smallest absolute Gasteiger partial charge is 0.271 e. The Hall–Kier alpha value is -2.91. The van der Waals surface area contributed by atoms with Gasteiger partial charge in [0.25, 0.3) is 5.91 Å². The van der Waals surface area contributed by atoms with E-state index in [1.807, 2.05) is 0 Å². The highest BCUT2D eigenvalue weighted by Crippen LogP contribution is 2.25. The number of hydrogen-bond acceptors (Lipinski definition) is 6. The third kappa shape index (κ3) is 4.87. The van der Waals surface area contributed by atoms with Crippen LogP contribution in [-0.2, 0) is 10.0 Å². The molecular formula is C19H23N3O5S. The number of benzene rings is 2. The Morgan fingerprint density at radius 3 is 2.57 bits per heavy atom. The molecule has 0 aromatic heterocycles. The highest BCUT2D eigenvalue weighted by Gasteiger charge is 2.22. The number of hydrazone groups is 1. The molecule has 0 aliphatic heterocycles. The second-order valence-electron chi connectivity index (χ2n) is 5.75. The van der Waals surface area contributed by atoms with Gasteiger partial charge in [-0.1, -0.05) is 19.9 Å². The normalized spacial score (nSPS) is 11.7. The van der Waals surface area contributed by atoms with Gasteiger partial charge < -0.3 is 9.84 Å². The first-order valence-corrected chi connectivity index (χ1v) is 10.1. The molecule has 8 nitrogen and oxygen atoms in total. The monoisotopic (exact) mass is 405 g/mol. The zero-order valence-electron chi connectivity index (χ0n) is 15.9. The number of rotatable bonds is 8. The molecule has 2 rings (SSSR count). The molecule has 0 bridgehead atoms. The van der Waals surface area contributed by atoms with Crippen LogP contribution < -0.4 is 10.2 Å². The number of nitrogens with one attached hydrogen (secondary N) is 1. The minimum atomic E-state index is -3.66. The van der Waals surface area contributed by atoms with Crippen molar-refractivity contribution < 1.29 is 23.1 Å². The van der Waals surface area contributed by atoms with Crippen molar-refractivity contribution >= 4 is 22.1 Å². The number of aromatic hydroxyl groups is 1. The molecule has 28 heavy (non-hydrogen) atoms. The van der Waals surface area contributed by atoms with Gasteiger partial charge >= 0.3 is 0 Å². The Labute approximate surface area is 164 Å². The molecule has 0 radical (unpaired) electrons. The molecule has 0 saturated heterocycles. The lowest BCUT2D eigenvalue weighted by Crippen LogP contribution is -2.30. The number of phenolic OH excluding ortho intramolecular Hbond substituents is 1. The summed E-state index contributed by atoms with van der Waals surface area (Å²) >= 11 is 0. The molecule has 0 atom stereocenters. The maximum absolute atomic E-state index is 12.6. The summed E-state index contributed by atoms with van der Waals surface area (Å²) in [6, 6.07) is 10.4. The lowest BCUT2D eigenvalue weighted by atomic mass is 10.2. The van der Waals surface area contributed by atoms with Crippen LogP contribution in [0.2, 0.25) is 0 Å². The van der Waals surface area contributed by atoms with Crippen molar-refractivity contribution in [2.45, 2.75) is 18.7 Å². The lowest BCUT2D eigenvalue weighted by molar-refractivity contribution is 0.0955. The van der Waals surface area contributed by atoms with Gasteiger partial charge in [-0.3, -0.25) is 4.79 Å². The number of nitrogens with zero attached hydrogens (tertiary/aromatic N) is 2. The van der Waals surface area contributed by atoms with Crippen molar-refractivity contribution in [1.29, 1.82) is 0 Å². The van der Waals surface area contributed by atoms with Gasteiger partial charge in [0.1, 0.15) is 0 Å². The zero-order chi connectivity index (χ0) is 20.7. The van der Waals surface area contributed by atoms with E-state index in [4.69, 9.17) is 4.74 Å². The first-order valence-electron chi connectivity index (χ1n) is 8.64. The van der Waals surface area contributed by atoms with Gasteiger partial charge in [-0.25, -0.2) is 13.8 Å². The van der Waals surface area contributed by atoms with Crippen LogP contribution in [0.15, 0.2) is 52.5 Å².